The highest BCUT2D eigenvalue weighted by molar-refractivity contribution is 5.92. The van der Waals surface area contributed by atoms with Crippen LogP contribution in [0.15, 0.2) is 218 Å². The number of aromatic hydroxyl groups is 2. The van der Waals surface area contributed by atoms with Gasteiger partial charge in [-0.3, -0.25) is 0 Å². The number of hydrogen-bond acceptors (Lipinski definition) is 2. The number of phenols is 2. The van der Waals surface area contributed by atoms with E-state index in [9.17, 15) is 10.2 Å². The van der Waals surface area contributed by atoms with Crippen LogP contribution >= 0.6 is 0 Å². The molecule has 0 aromatic heterocycles. The Morgan fingerprint density at radius 3 is 1.02 bits per heavy atom. The van der Waals surface area contributed by atoms with Gasteiger partial charge in [-0.25, -0.2) is 0 Å². The fourth-order valence-corrected chi connectivity index (χ4v) is 10.8. The second-order valence-electron chi connectivity index (χ2n) is 16.3. The Hall–Kier alpha value is -7.68. The third-order valence-corrected chi connectivity index (χ3v) is 13.4. The van der Waals surface area contributed by atoms with Crippen LogP contribution in [0.1, 0.15) is 44.5 Å². The molecule has 0 unspecified atom stereocenters. The molecule has 282 valence electrons. The van der Waals surface area contributed by atoms with Gasteiger partial charge in [0.2, 0.25) is 0 Å². The number of hydrogen-bond donors (Lipinski definition) is 2. The van der Waals surface area contributed by atoms with Gasteiger partial charge in [0.1, 0.15) is 11.5 Å². The van der Waals surface area contributed by atoms with E-state index in [0.717, 1.165) is 32.7 Å². The van der Waals surface area contributed by atoms with E-state index in [4.69, 9.17) is 0 Å². The maximum absolute atomic E-state index is 10.5. The largest absolute Gasteiger partial charge is 0.508 e. The van der Waals surface area contributed by atoms with E-state index in [1.54, 1.807) is 12.1 Å². The van der Waals surface area contributed by atoms with Crippen LogP contribution in [0, 0.1) is 0 Å². The van der Waals surface area contributed by atoms with Gasteiger partial charge in [-0.1, -0.05) is 182 Å². The van der Waals surface area contributed by atoms with Crippen molar-refractivity contribution in [3.05, 3.63) is 263 Å². The first kappa shape index (κ1) is 34.4. The summed E-state index contributed by atoms with van der Waals surface area (Å²) in [5, 5.41) is 25.0. The molecular weight excluding hydrogens is 729 g/mol. The van der Waals surface area contributed by atoms with E-state index >= 15 is 0 Å². The van der Waals surface area contributed by atoms with Gasteiger partial charge < -0.3 is 10.2 Å². The average Bonchev–Trinajstić information content (AvgIpc) is 3.78. The number of phenolic OH excluding ortho intramolecular Hbond substituents is 2. The molecule has 0 atom stereocenters. The van der Waals surface area contributed by atoms with Crippen molar-refractivity contribution in [1.82, 2.24) is 0 Å². The van der Waals surface area contributed by atoms with Gasteiger partial charge in [0.25, 0.3) is 0 Å². The summed E-state index contributed by atoms with van der Waals surface area (Å²) in [4.78, 5) is 0. The van der Waals surface area contributed by atoms with Crippen LogP contribution < -0.4 is 0 Å². The van der Waals surface area contributed by atoms with Crippen LogP contribution in [0.4, 0.5) is 0 Å². The Bertz CT molecular complexity index is 3250. The third kappa shape index (κ3) is 4.76. The minimum absolute atomic E-state index is 0.266. The lowest BCUT2D eigenvalue weighted by molar-refractivity contribution is 0.475. The van der Waals surface area contributed by atoms with Crippen molar-refractivity contribution in [2.45, 2.75) is 10.8 Å². The number of rotatable bonds is 5. The molecule has 2 nitrogen and oxygen atoms in total. The molecule has 0 saturated carbocycles. The predicted molar refractivity (Wildman–Crippen MR) is 245 cm³/mol. The Morgan fingerprint density at radius 1 is 0.250 bits per heavy atom. The first-order valence-electron chi connectivity index (χ1n) is 20.6. The van der Waals surface area contributed by atoms with Gasteiger partial charge in [0.15, 0.2) is 0 Å². The fraction of sp³-hybridized carbons (Fsp3) is 0.0345. The summed E-state index contributed by atoms with van der Waals surface area (Å²) in [6.07, 6.45) is 0. The Labute approximate surface area is 349 Å². The molecule has 2 heteroatoms. The average molecular weight is 767 g/mol. The van der Waals surface area contributed by atoms with Crippen LogP contribution in [0.5, 0.6) is 11.5 Å². The molecule has 0 spiro atoms. The molecule has 0 saturated heterocycles. The smallest absolute Gasteiger partial charge is 0.116 e. The highest BCUT2D eigenvalue weighted by Gasteiger charge is 2.47. The van der Waals surface area contributed by atoms with Crippen molar-refractivity contribution in [2.24, 2.45) is 0 Å². The molecule has 0 fully saturated rings. The maximum Gasteiger partial charge on any atom is 0.116 e. The monoisotopic (exact) mass is 766 g/mol. The molecule has 2 aliphatic rings. The second kappa shape index (κ2) is 12.9. The van der Waals surface area contributed by atoms with Crippen molar-refractivity contribution >= 4 is 21.5 Å². The highest BCUT2D eigenvalue weighted by atomic mass is 16.3. The van der Waals surface area contributed by atoms with Crippen LogP contribution in [-0.4, -0.2) is 10.2 Å². The van der Waals surface area contributed by atoms with Gasteiger partial charge in [0.05, 0.1) is 10.8 Å². The molecule has 10 aromatic rings. The van der Waals surface area contributed by atoms with Gasteiger partial charge in [-0.2, -0.15) is 0 Å². The fourth-order valence-electron chi connectivity index (χ4n) is 10.8. The number of fused-ring (bicyclic) bond motifs is 8. The van der Waals surface area contributed by atoms with Gasteiger partial charge in [0, 0.05) is 0 Å². The molecule has 0 aliphatic heterocycles. The van der Waals surface area contributed by atoms with Crippen LogP contribution in [0.2, 0.25) is 0 Å². The van der Waals surface area contributed by atoms with E-state index in [-0.39, 0.29) is 11.5 Å². The Kier molecular flexibility index (Phi) is 7.40. The molecule has 0 heterocycles. The van der Waals surface area contributed by atoms with Crippen LogP contribution in [0.3, 0.4) is 0 Å². The SMILES string of the molecule is Oc1ccc2cc(C3(c4ccc(-c5ccc(C6(c7ccc8ccc(O)cc8c7)c7ccccc7-c7ccccc76)cc5)cc4)c4ccccc4-c4ccccc43)ccc2c1. The number of benzene rings is 10. The van der Waals surface area contributed by atoms with Crippen molar-refractivity contribution in [3.8, 4) is 44.9 Å². The van der Waals surface area contributed by atoms with Crippen molar-refractivity contribution in [1.29, 1.82) is 0 Å². The summed E-state index contributed by atoms with van der Waals surface area (Å²) in [5.74, 6) is 0.537. The lowest BCUT2D eigenvalue weighted by Gasteiger charge is -2.34. The lowest BCUT2D eigenvalue weighted by atomic mass is 9.67. The summed E-state index contributed by atoms with van der Waals surface area (Å²) in [6, 6.07) is 78.3. The quantitative estimate of drug-likeness (QED) is 0.183. The first-order valence-corrected chi connectivity index (χ1v) is 20.6. The zero-order valence-corrected chi connectivity index (χ0v) is 32.7. The van der Waals surface area contributed by atoms with Crippen molar-refractivity contribution in [2.75, 3.05) is 0 Å². The molecule has 10 aromatic carbocycles. The topological polar surface area (TPSA) is 40.5 Å². The normalized spacial score (nSPS) is 14.1. The van der Waals surface area contributed by atoms with E-state index in [1.165, 1.54) is 66.8 Å². The van der Waals surface area contributed by atoms with E-state index in [2.05, 4.69) is 182 Å². The van der Waals surface area contributed by atoms with Gasteiger partial charge in [-0.05, 0) is 136 Å². The third-order valence-electron chi connectivity index (χ3n) is 13.4. The summed E-state index contributed by atoms with van der Waals surface area (Å²) in [7, 11) is 0. The molecule has 60 heavy (non-hydrogen) atoms. The Morgan fingerprint density at radius 2 is 0.567 bits per heavy atom. The van der Waals surface area contributed by atoms with Crippen LogP contribution in [0.25, 0.3) is 54.9 Å². The minimum atomic E-state index is -0.552. The van der Waals surface area contributed by atoms with E-state index in [0.29, 0.717) is 0 Å². The van der Waals surface area contributed by atoms with E-state index in [1.807, 2.05) is 24.3 Å². The predicted octanol–water partition coefficient (Wildman–Crippen LogP) is 13.8. The molecule has 0 radical (unpaired) electrons. The van der Waals surface area contributed by atoms with Gasteiger partial charge in [-0.15, -0.1) is 0 Å². The molecule has 2 N–H and O–H groups in total. The summed E-state index contributed by atoms with van der Waals surface area (Å²) >= 11 is 0. The summed E-state index contributed by atoms with van der Waals surface area (Å²) < 4.78 is 0. The van der Waals surface area contributed by atoms with Crippen LogP contribution in [-0.2, 0) is 10.8 Å². The maximum atomic E-state index is 10.5. The Balaban J connectivity index is 1.01. The van der Waals surface area contributed by atoms with Crippen molar-refractivity contribution in [3.63, 3.8) is 0 Å². The standard InChI is InChI=1S/C58H38O2/c59-47-32-24-40-33-45(30-22-41(40)35-47)57(53-13-5-1-9-49(53)50-10-2-6-14-54(50)57)43-25-17-37(18-26-43)38-19-27-44(28-20-38)58(46-29-21-39-23-31-48(60)36-42(39)34-46)55-15-7-3-11-51(55)52-12-4-8-16-56(52)58/h1-36,59-60H. The molecule has 0 amide bonds. The molecule has 2 aliphatic carbocycles. The molecule has 12 rings (SSSR count). The first-order chi connectivity index (χ1) is 29.5. The summed E-state index contributed by atoms with van der Waals surface area (Å²) in [5.41, 5.74) is 16.0. The molecular formula is C58H38O2. The molecule has 0 bridgehead atoms. The lowest BCUT2D eigenvalue weighted by Crippen LogP contribution is -2.28. The van der Waals surface area contributed by atoms with Crippen molar-refractivity contribution < 1.29 is 10.2 Å². The van der Waals surface area contributed by atoms with E-state index < -0.39 is 10.8 Å². The second-order valence-corrected chi connectivity index (χ2v) is 16.3. The zero-order chi connectivity index (χ0) is 40.0. The minimum Gasteiger partial charge on any atom is -0.508 e. The highest BCUT2D eigenvalue weighted by Crippen LogP contribution is 2.58. The van der Waals surface area contributed by atoms with Gasteiger partial charge >= 0.3 is 0 Å². The zero-order valence-electron chi connectivity index (χ0n) is 32.7. The summed E-state index contributed by atoms with van der Waals surface area (Å²) in [6.45, 7) is 0.